The monoisotopic (exact) mass is 393 g/mol. The summed E-state index contributed by atoms with van der Waals surface area (Å²) >= 11 is 0. The molecular formula is C23H19N7. The lowest BCUT2D eigenvalue weighted by Gasteiger charge is -1.99. The predicted octanol–water partition coefficient (Wildman–Crippen LogP) is 4.43. The van der Waals surface area contributed by atoms with Crippen molar-refractivity contribution in [1.29, 1.82) is 0 Å². The zero-order chi connectivity index (χ0) is 20.2. The van der Waals surface area contributed by atoms with Gasteiger partial charge in [0.25, 0.3) is 0 Å². The average Bonchev–Trinajstić information content (AvgIpc) is 3.54. The van der Waals surface area contributed by atoms with Gasteiger partial charge in [0.2, 0.25) is 0 Å². The summed E-state index contributed by atoms with van der Waals surface area (Å²) in [6, 6.07) is 24.3. The fourth-order valence-corrected chi connectivity index (χ4v) is 3.26. The van der Waals surface area contributed by atoms with Crippen LogP contribution >= 0.6 is 0 Å². The van der Waals surface area contributed by atoms with Crippen molar-refractivity contribution in [2.45, 2.75) is 6.54 Å². The largest absolute Gasteiger partial charge is 0.278 e. The maximum atomic E-state index is 4.26. The van der Waals surface area contributed by atoms with Gasteiger partial charge >= 0.3 is 0 Å². The molecule has 0 bridgehead atoms. The number of H-pyrrole nitrogens is 2. The predicted molar refractivity (Wildman–Crippen MR) is 117 cm³/mol. The SMILES string of the molecule is c1ccc(Cn2cc(-c3ccc4[nH]ncc4c3)nn2)cc1.c1ccc2[nH]ncc2c1. The molecule has 0 fully saturated rings. The van der Waals surface area contributed by atoms with Crippen molar-refractivity contribution >= 4 is 21.8 Å². The molecule has 0 spiro atoms. The van der Waals surface area contributed by atoms with E-state index in [0.29, 0.717) is 0 Å². The molecular weight excluding hydrogens is 374 g/mol. The Hall–Kier alpha value is -4.26. The van der Waals surface area contributed by atoms with Gasteiger partial charge in [-0.2, -0.15) is 10.2 Å². The minimum Gasteiger partial charge on any atom is -0.278 e. The van der Waals surface area contributed by atoms with Crippen molar-refractivity contribution in [2.24, 2.45) is 0 Å². The van der Waals surface area contributed by atoms with Crippen LogP contribution in [0.4, 0.5) is 0 Å². The second kappa shape index (κ2) is 8.00. The third kappa shape index (κ3) is 3.81. The van der Waals surface area contributed by atoms with E-state index in [4.69, 9.17) is 0 Å². The Morgan fingerprint density at radius 2 is 1.47 bits per heavy atom. The smallest absolute Gasteiger partial charge is 0.113 e. The summed E-state index contributed by atoms with van der Waals surface area (Å²) in [6.07, 6.45) is 5.59. The first kappa shape index (κ1) is 17.8. The fourth-order valence-electron chi connectivity index (χ4n) is 3.26. The maximum Gasteiger partial charge on any atom is 0.113 e. The summed E-state index contributed by atoms with van der Waals surface area (Å²) in [4.78, 5) is 0. The van der Waals surface area contributed by atoms with Gasteiger partial charge in [-0.25, -0.2) is 4.68 Å². The number of rotatable bonds is 3. The summed E-state index contributed by atoms with van der Waals surface area (Å²) in [6.45, 7) is 0.724. The Labute approximate surface area is 172 Å². The van der Waals surface area contributed by atoms with Gasteiger partial charge < -0.3 is 0 Å². The minimum atomic E-state index is 0.724. The Morgan fingerprint density at radius 3 is 2.30 bits per heavy atom. The molecule has 3 aromatic carbocycles. The van der Waals surface area contributed by atoms with Crippen LogP contribution in [0.5, 0.6) is 0 Å². The topological polar surface area (TPSA) is 88.1 Å². The standard InChI is InChI=1S/C16H13N5.C7H6N2/c1-2-4-12(5-3-1)10-21-11-16(19-20-21)13-6-7-15-14(8-13)9-17-18-15;1-2-4-7-6(3-1)5-8-9-7/h1-9,11H,10H2,(H,17,18);1-5H,(H,8,9). The summed E-state index contributed by atoms with van der Waals surface area (Å²) in [5.74, 6) is 0. The van der Waals surface area contributed by atoms with E-state index in [2.05, 4.69) is 48.9 Å². The molecule has 0 saturated heterocycles. The number of aromatic amines is 2. The van der Waals surface area contributed by atoms with Crippen LogP contribution in [0.3, 0.4) is 0 Å². The molecule has 0 amide bonds. The van der Waals surface area contributed by atoms with Gasteiger partial charge in [0.1, 0.15) is 5.69 Å². The summed E-state index contributed by atoms with van der Waals surface area (Å²) < 4.78 is 1.85. The van der Waals surface area contributed by atoms with E-state index in [1.807, 2.05) is 77.9 Å². The first-order valence-corrected chi connectivity index (χ1v) is 9.61. The van der Waals surface area contributed by atoms with E-state index in [-0.39, 0.29) is 0 Å². The minimum absolute atomic E-state index is 0.724. The lowest BCUT2D eigenvalue weighted by molar-refractivity contribution is 0.650. The van der Waals surface area contributed by atoms with Crippen LogP contribution in [0, 0.1) is 0 Å². The van der Waals surface area contributed by atoms with Crippen LogP contribution in [0.2, 0.25) is 0 Å². The van der Waals surface area contributed by atoms with Crippen molar-refractivity contribution < 1.29 is 0 Å². The number of hydrogen-bond donors (Lipinski definition) is 2. The highest BCUT2D eigenvalue weighted by molar-refractivity contribution is 5.83. The molecule has 6 aromatic rings. The number of nitrogens with zero attached hydrogens (tertiary/aromatic N) is 5. The molecule has 7 nitrogen and oxygen atoms in total. The third-order valence-electron chi connectivity index (χ3n) is 4.81. The molecule has 0 radical (unpaired) electrons. The van der Waals surface area contributed by atoms with Crippen molar-refractivity contribution in [3.8, 4) is 11.3 Å². The van der Waals surface area contributed by atoms with E-state index in [9.17, 15) is 0 Å². The van der Waals surface area contributed by atoms with Crippen LogP contribution in [-0.4, -0.2) is 35.4 Å². The highest BCUT2D eigenvalue weighted by Crippen LogP contribution is 2.21. The van der Waals surface area contributed by atoms with Crippen LogP contribution < -0.4 is 0 Å². The Morgan fingerprint density at radius 1 is 0.733 bits per heavy atom. The summed E-state index contributed by atoms with van der Waals surface area (Å²) in [7, 11) is 0. The fraction of sp³-hybridized carbons (Fsp3) is 0.0435. The molecule has 0 aliphatic carbocycles. The van der Waals surface area contributed by atoms with Gasteiger partial charge in [-0.1, -0.05) is 59.8 Å². The summed E-state index contributed by atoms with van der Waals surface area (Å²) in [5, 5.41) is 24.4. The van der Waals surface area contributed by atoms with Gasteiger partial charge in [0.05, 0.1) is 36.2 Å². The van der Waals surface area contributed by atoms with Crippen molar-refractivity contribution in [3.05, 3.63) is 97.0 Å². The number of para-hydroxylation sites is 1. The molecule has 0 atom stereocenters. The first-order chi connectivity index (χ1) is 14.8. The van der Waals surface area contributed by atoms with Gasteiger partial charge in [-0.05, 0) is 23.8 Å². The lowest BCUT2D eigenvalue weighted by atomic mass is 10.1. The van der Waals surface area contributed by atoms with E-state index in [1.165, 1.54) is 5.56 Å². The Bertz CT molecular complexity index is 1350. The molecule has 3 aromatic heterocycles. The highest BCUT2D eigenvalue weighted by Gasteiger charge is 2.06. The van der Waals surface area contributed by atoms with E-state index >= 15 is 0 Å². The lowest BCUT2D eigenvalue weighted by Crippen LogP contribution is -1.99. The molecule has 30 heavy (non-hydrogen) atoms. The van der Waals surface area contributed by atoms with Crippen LogP contribution in [0.25, 0.3) is 33.1 Å². The van der Waals surface area contributed by atoms with E-state index < -0.39 is 0 Å². The van der Waals surface area contributed by atoms with Gasteiger partial charge in [0.15, 0.2) is 0 Å². The van der Waals surface area contributed by atoms with Gasteiger partial charge in [0, 0.05) is 16.3 Å². The number of nitrogens with one attached hydrogen (secondary N) is 2. The molecule has 2 N–H and O–H groups in total. The molecule has 0 aliphatic heterocycles. The number of benzene rings is 3. The van der Waals surface area contributed by atoms with Crippen molar-refractivity contribution in [2.75, 3.05) is 0 Å². The average molecular weight is 393 g/mol. The Kier molecular flexibility index (Phi) is 4.75. The number of aromatic nitrogens is 7. The number of fused-ring (bicyclic) bond motifs is 2. The highest BCUT2D eigenvalue weighted by atomic mass is 15.4. The first-order valence-electron chi connectivity index (χ1n) is 9.61. The quantitative estimate of drug-likeness (QED) is 0.465. The second-order valence-corrected chi connectivity index (χ2v) is 6.92. The van der Waals surface area contributed by atoms with Crippen LogP contribution in [0.15, 0.2) is 91.4 Å². The van der Waals surface area contributed by atoms with Gasteiger partial charge in [-0.3, -0.25) is 10.2 Å². The van der Waals surface area contributed by atoms with E-state index in [0.717, 1.165) is 39.6 Å². The van der Waals surface area contributed by atoms with Crippen LogP contribution in [-0.2, 0) is 6.54 Å². The van der Waals surface area contributed by atoms with Crippen molar-refractivity contribution in [1.82, 2.24) is 35.4 Å². The molecule has 7 heteroatoms. The molecule has 3 heterocycles. The summed E-state index contributed by atoms with van der Waals surface area (Å²) in [5.41, 5.74) is 5.24. The molecule has 0 aliphatic rings. The number of hydrogen-bond acceptors (Lipinski definition) is 4. The second-order valence-electron chi connectivity index (χ2n) is 6.92. The zero-order valence-electron chi connectivity index (χ0n) is 16.1. The third-order valence-corrected chi connectivity index (χ3v) is 4.81. The van der Waals surface area contributed by atoms with Gasteiger partial charge in [-0.15, -0.1) is 5.10 Å². The van der Waals surface area contributed by atoms with Crippen LogP contribution in [0.1, 0.15) is 5.56 Å². The maximum absolute atomic E-state index is 4.26. The Balaban J connectivity index is 0.000000178. The van der Waals surface area contributed by atoms with E-state index in [1.54, 1.807) is 0 Å². The molecule has 0 saturated carbocycles. The van der Waals surface area contributed by atoms with Crippen molar-refractivity contribution in [3.63, 3.8) is 0 Å². The normalized spacial score (nSPS) is 10.8. The molecule has 0 unspecified atom stereocenters. The molecule has 146 valence electrons. The zero-order valence-corrected chi connectivity index (χ0v) is 16.1. The molecule has 6 rings (SSSR count).